The molecule has 1 aliphatic rings. The number of carboxylic acid groups (broad SMARTS) is 1. The van der Waals surface area contributed by atoms with E-state index < -0.39 is 5.97 Å². The molecule has 2 rings (SSSR count). The van der Waals surface area contributed by atoms with Gasteiger partial charge in [-0.05, 0) is 25.1 Å². The Kier molecular flexibility index (Phi) is 4.31. The van der Waals surface area contributed by atoms with Crippen LogP contribution in [0.2, 0.25) is 0 Å². The van der Waals surface area contributed by atoms with Crippen molar-refractivity contribution in [3.8, 4) is 0 Å². The Morgan fingerprint density at radius 2 is 2.30 bits per heavy atom. The lowest BCUT2D eigenvalue weighted by Crippen LogP contribution is -2.56. The number of imide groups is 1. The summed E-state index contributed by atoms with van der Waals surface area (Å²) < 4.78 is 0. The Bertz CT molecular complexity index is 579. The first-order valence-electron chi connectivity index (χ1n) is 6.03. The summed E-state index contributed by atoms with van der Waals surface area (Å²) in [4.78, 5) is 36.9. The van der Waals surface area contributed by atoms with Crippen molar-refractivity contribution in [2.24, 2.45) is 0 Å². The van der Waals surface area contributed by atoms with Gasteiger partial charge in [0.15, 0.2) is 0 Å². The normalized spacial score (nSPS) is 20.4. The van der Waals surface area contributed by atoms with Gasteiger partial charge in [0.1, 0.15) is 0 Å². The molecule has 0 saturated carbocycles. The molecule has 0 radical (unpaired) electrons. The third-order valence-corrected chi connectivity index (χ3v) is 4.00. The van der Waals surface area contributed by atoms with E-state index >= 15 is 0 Å². The van der Waals surface area contributed by atoms with Crippen molar-refractivity contribution in [3.05, 3.63) is 28.0 Å². The number of carboxylic acids is 1. The molecule has 0 spiro atoms. The SMILES string of the molecule is CC1C(=O)NC(=O)CN1Cc1ccc(C=CC(=O)O)s1. The van der Waals surface area contributed by atoms with E-state index in [4.69, 9.17) is 5.11 Å². The lowest BCUT2D eigenvalue weighted by molar-refractivity contribution is -0.139. The number of nitrogens with one attached hydrogen (secondary N) is 1. The Morgan fingerprint density at radius 3 is 3.00 bits per heavy atom. The minimum absolute atomic E-state index is 0.186. The van der Waals surface area contributed by atoms with E-state index in [1.54, 1.807) is 11.8 Å². The van der Waals surface area contributed by atoms with Crippen molar-refractivity contribution in [2.45, 2.75) is 19.5 Å². The van der Waals surface area contributed by atoms with Crippen LogP contribution in [0.25, 0.3) is 6.08 Å². The molecular weight excluding hydrogens is 280 g/mol. The zero-order valence-corrected chi connectivity index (χ0v) is 11.6. The van der Waals surface area contributed by atoms with Gasteiger partial charge in [-0.2, -0.15) is 0 Å². The molecule has 1 unspecified atom stereocenters. The van der Waals surface area contributed by atoms with Gasteiger partial charge >= 0.3 is 5.97 Å². The number of thiophene rings is 1. The topological polar surface area (TPSA) is 86.7 Å². The van der Waals surface area contributed by atoms with Crippen molar-refractivity contribution >= 4 is 35.2 Å². The van der Waals surface area contributed by atoms with Gasteiger partial charge in [-0.25, -0.2) is 4.79 Å². The molecule has 0 aromatic carbocycles. The predicted octanol–water partition coefficient (Wildman–Crippen LogP) is 0.693. The first kappa shape index (κ1) is 14.4. The van der Waals surface area contributed by atoms with E-state index in [1.165, 1.54) is 17.4 Å². The first-order chi connectivity index (χ1) is 9.45. The third kappa shape index (κ3) is 3.52. The van der Waals surface area contributed by atoms with Gasteiger partial charge < -0.3 is 5.11 Å². The van der Waals surface area contributed by atoms with E-state index in [0.29, 0.717) is 6.54 Å². The minimum atomic E-state index is -0.994. The second-order valence-electron chi connectivity index (χ2n) is 4.47. The fourth-order valence-corrected chi connectivity index (χ4v) is 2.83. The highest BCUT2D eigenvalue weighted by atomic mass is 32.1. The summed E-state index contributed by atoms with van der Waals surface area (Å²) in [5, 5.41) is 10.9. The van der Waals surface area contributed by atoms with Gasteiger partial charge in [0.25, 0.3) is 0 Å². The number of amides is 2. The van der Waals surface area contributed by atoms with Crippen LogP contribution in [-0.2, 0) is 20.9 Å². The molecule has 0 aliphatic carbocycles. The molecule has 2 heterocycles. The maximum absolute atomic E-state index is 11.5. The maximum atomic E-state index is 11.5. The minimum Gasteiger partial charge on any atom is -0.478 e. The van der Waals surface area contributed by atoms with Crippen LogP contribution in [0.5, 0.6) is 0 Å². The Labute approximate surface area is 119 Å². The predicted molar refractivity (Wildman–Crippen MR) is 74.0 cm³/mol. The Balaban J connectivity index is 2.04. The molecule has 1 atom stereocenters. The standard InChI is InChI=1S/C13H14N2O4S/c1-8-13(19)14-11(16)7-15(8)6-10-3-2-9(20-10)4-5-12(17)18/h2-5,8H,6-7H2,1H3,(H,17,18)(H,14,16,19). The molecule has 0 bridgehead atoms. The number of carbonyl (C=O) groups is 3. The molecule has 1 aliphatic heterocycles. The van der Waals surface area contributed by atoms with Crippen molar-refractivity contribution in [2.75, 3.05) is 6.54 Å². The molecule has 1 aromatic heterocycles. The number of hydrogen-bond acceptors (Lipinski definition) is 5. The second kappa shape index (κ2) is 5.98. The largest absolute Gasteiger partial charge is 0.478 e. The van der Waals surface area contributed by atoms with Crippen molar-refractivity contribution in [3.63, 3.8) is 0 Å². The second-order valence-corrected chi connectivity index (χ2v) is 5.67. The zero-order chi connectivity index (χ0) is 14.7. The van der Waals surface area contributed by atoms with Crippen LogP contribution in [0.4, 0.5) is 0 Å². The molecule has 1 fully saturated rings. The number of carbonyl (C=O) groups excluding carboxylic acids is 2. The molecule has 106 valence electrons. The third-order valence-electron chi connectivity index (χ3n) is 2.97. The van der Waals surface area contributed by atoms with Crippen molar-refractivity contribution in [1.29, 1.82) is 0 Å². The first-order valence-corrected chi connectivity index (χ1v) is 6.85. The van der Waals surface area contributed by atoms with Crippen LogP contribution in [0.3, 0.4) is 0 Å². The lowest BCUT2D eigenvalue weighted by Gasteiger charge is -2.30. The summed E-state index contributed by atoms with van der Waals surface area (Å²) in [6.45, 7) is 2.43. The van der Waals surface area contributed by atoms with E-state index in [9.17, 15) is 14.4 Å². The molecule has 20 heavy (non-hydrogen) atoms. The fraction of sp³-hybridized carbons (Fsp3) is 0.308. The van der Waals surface area contributed by atoms with Crippen LogP contribution >= 0.6 is 11.3 Å². The Morgan fingerprint density at radius 1 is 1.55 bits per heavy atom. The van der Waals surface area contributed by atoms with Gasteiger partial charge in [-0.15, -0.1) is 11.3 Å². The Hall–Kier alpha value is -1.99. The fourth-order valence-electron chi connectivity index (χ4n) is 1.88. The molecule has 1 saturated heterocycles. The van der Waals surface area contributed by atoms with Crippen LogP contribution in [0, 0.1) is 0 Å². The average Bonchev–Trinajstić information content (AvgIpc) is 2.80. The maximum Gasteiger partial charge on any atom is 0.328 e. The summed E-state index contributed by atoms with van der Waals surface area (Å²) >= 11 is 1.44. The summed E-state index contributed by atoms with van der Waals surface area (Å²) in [7, 11) is 0. The number of aliphatic carboxylic acids is 1. The highest BCUT2D eigenvalue weighted by molar-refractivity contribution is 7.12. The van der Waals surface area contributed by atoms with Gasteiger partial charge in [0.05, 0.1) is 12.6 Å². The lowest BCUT2D eigenvalue weighted by atomic mass is 10.2. The zero-order valence-electron chi connectivity index (χ0n) is 10.8. The highest BCUT2D eigenvalue weighted by Crippen LogP contribution is 2.21. The number of nitrogens with zero attached hydrogens (tertiary/aromatic N) is 1. The number of rotatable bonds is 4. The van der Waals surface area contributed by atoms with Gasteiger partial charge in [0.2, 0.25) is 11.8 Å². The molecular formula is C13H14N2O4S. The van der Waals surface area contributed by atoms with Crippen LogP contribution in [-0.4, -0.2) is 40.4 Å². The summed E-state index contributed by atoms with van der Waals surface area (Å²) in [6, 6.07) is 3.33. The quantitative estimate of drug-likeness (QED) is 0.630. The van der Waals surface area contributed by atoms with Crippen molar-refractivity contribution in [1.82, 2.24) is 10.2 Å². The van der Waals surface area contributed by atoms with Gasteiger partial charge in [-0.1, -0.05) is 0 Å². The smallest absolute Gasteiger partial charge is 0.328 e. The molecule has 2 amide bonds. The van der Waals surface area contributed by atoms with E-state index in [0.717, 1.165) is 15.8 Å². The van der Waals surface area contributed by atoms with Crippen LogP contribution in [0.1, 0.15) is 16.7 Å². The molecule has 6 nitrogen and oxygen atoms in total. The number of hydrogen-bond donors (Lipinski definition) is 2. The monoisotopic (exact) mass is 294 g/mol. The highest BCUT2D eigenvalue weighted by Gasteiger charge is 2.30. The van der Waals surface area contributed by atoms with Crippen LogP contribution < -0.4 is 5.32 Å². The average molecular weight is 294 g/mol. The summed E-state index contributed by atoms with van der Waals surface area (Å²) in [5.41, 5.74) is 0. The van der Waals surface area contributed by atoms with Gasteiger partial charge in [0, 0.05) is 22.4 Å². The van der Waals surface area contributed by atoms with Crippen LogP contribution in [0.15, 0.2) is 18.2 Å². The van der Waals surface area contributed by atoms with E-state index in [1.807, 2.05) is 12.1 Å². The van der Waals surface area contributed by atoms with Gasteiger partial charge in [-0.3, -0.25) is 19.8 Å². The van der Waals surface area contributed by atoms with E-state index in [2.05, 4.69) is 5.32 Å². The van der Waals surface area contributed by atoms with Crippen molar-refractivity contribution < 1.29 is 19.5 Å². The molecule has 1 aromatic rings. The number of piperazine rings is 1. The molecule has 2 N–H and O–H groups in total. The molecule has 7 heteroatoms. The summed E-state index contributed by atoms with van der Waals surface area (Å²) in [5.74, 6) is -1.58. The van der Waals surface area contributed by atoms with E-state index in [-0.39, 0.29) is 24.4 Å². The summed E-state index contributed by atoms with van der Waals surface area (Å²) in [6.07, 6.45) is 2.60.